The number of halogens is 1. The summed E-state index contributed by atoms with van der Waals surface area (Å²) in [4.78, 5) is 28.1. The average Bonchev–Trinajstić information content (AvgIpc) is 2.60. The van der Waals surface area contributed by atoms with Crippen molar-refractivity contribution in [3.8, 4) is 0 Å². The van der Waals surface area contributed by atoms with Gasteiger partial charge >= 0.3 is 0 Å². The molecule has 0 radical (unpaired) electrons. The molecule has 0 aromatic heterocycles. The number of hydrogen-bond acceptors (Lipinski definition) is 3. The van der Waals surface area contributed by atoms with E-state index in [1.54, 1.807) is 36.2 Å². The Morgan fingerprint density at radius 1 is 0.880 bits per heavy atom. The highest BCUT2D eigenvalue weighted by molar-refractivity contribution is 6.30. The van der Waals surface area contributed by atoms with Gasteiger partial charge in [-0.2, -0.15) is 0 Å². The van der Waals surface area contributed by atoms with Crippen LogP contribution in [0.15, 0.2) is 48.5 Å². The lowest BCUT2D eigenvalue weighted by Gasteiger charge is -2.18. The lowest BCUT2D eigenvalue weighted by atomic mass is 10.1. The van der Waals surface area contributed by atoms with Gasteiger partial charge in [0.1, 0.15) is 0 Å². The van der Waals surface area contributed by atoms with Gasteiger partial charge in [-0.3, -0.25) is 9.59 Å². The van der Waals surface area contributed by atoms with Crippen LogP contribution in [0.4, 0.5) is 5.69 Å². The molecule has 5 heteroatoms. The molecular weight excluding hydrogens is 336 g/mol. The Morgan fingerprint density at radius 2 is 1.48 bits per heavy atom. The van der Waals surface area contributed by atoms with Crippen molar-refractivity contribution in [3.63, 3.8) is 0 Å². The van der Waals surface area contributed by atoms with Crippen molar-refractivity contribution < 1.29 is 9.59 Å². The van der Waals surface area contributed by atoms with Crippen LogP contribution in [-0.2, 0) is 11.3 Å². The minimum absolute atomic E-state index is 0.0426. The Morgan fingerprint density at radius 3 is 2.04 bits per heavy atom. The molecule has 0 spiro atoms. The van der Waals surface area contributed by atoms with E-state index >= 15 is 0 Å². The number of rotatable bonds is 7. The van der Waals surface area contributed by atoms with Gasteiger partial charge in [0, 0.05) is 56.8 Å². The van der Waals surface area contributed by atoms with Gasteiger partial charge in [0.05, 0.1) is 0 Å². The molecule has 1 amide bonds. The van der Waals surface area contributed by atoms with Crippen molar-refractivity contribution in [2.24, 2.45) is 0 Å². The van der Waals surface area contributed by atoms with E-state index in [1.807, 2.05) is 43.3 Å². The normalized spacial score (nSPS) is 10.4. The van der Waals surface area contributed by atoms with Gasteiger partial charge in [-0.1, -0.05) is 23.7 Å². The van der Waals surface area contributed by atoms with Crippen molar-refractivity contribution in [3.05, 3.63) is 64.7 Å². The van der Waals surface area contributed by atoms with E-state index in [2.05, 4.69) is 0 Å². The van der Waals surface area contributed by atoms with Crippen molar-refractivity contribution in [1.82, 2.24) is 4.90 Å². The molecule has 0 aliphatic carbocycles. The van der Waals surface area contributed by atoms with Crippen molar-refractivity contribution in [2.75, 3.05) is 26.0 Å². The van der Waals surface area contributed by atoms with E-state index in [0.717, 1.165) is 11.3 Å². The fraction of sp³-hybridized carbons (Fsp3) is 0.300. The molecule has 0 aliphatic heterocycles. The maximum absolute atomic E-state index is 12.3. The van der Waals surface area contributed by atoms with Crippen LogP contribution in [0.1, 0.15) is 28.8 Å². The molecule has 132 valence electrons. The number of carbonyl (C=O) groups is 2. The molecule has 0 aliphatic rings. The minimum atomic E-state index is -0.0475. The molecule has 2 aromatic rings. The summed E-state index contributed by atoms with van der Waals surface area (Å²) in [7, 11) is 5.74. The monoisotopic (exact) mass is 358 g/mol. The Bertz CT molecular complexity index is 724. The van der Waals surface area contributed by atoms with Gasteiger partial charge < -0.3 is 9.80 Å². The van der Waals surface area contributed by atoms with Crippen LogP contribution < -0.4 is 4.90 Å². The first-order valence-corrected chi connectivity index (χ1v) is 8.53. The number of nitrogens with zero attached hydrogens (tertiary/aromatic N) is 2. The number of benzene rings is 2. The highest BCUT2D eigenvalue weighted by Crippen LogP contribution is 2.15. The molecule has 0 saturated heterocycles. The summed E-state index contributed by atoms with van der Waals surface area (Å²) >= 11 is 5.81. The van der Waals surface area contributed by atoms with Gasteiger partial charge in [0.2, 0.25) is 5.91 Å². The van der Waals surface area contributed by atoms with Crippen LogP contribution in [0.2, 0.25) is 5.02 Å². The maximum atomic E-state index is 12.3. The van der Waals surface area contributed by atoms with Crippen LogP contribution in [0.5, 0.6) is 0 Å². The predicted octanol–water partition coefficient (Wildman–Crippen LogP) is 4.03. The molecule has 0 saturated carbocycles. The van der Waals surface area contributed by atoms with Gasteiger partial charge in [-0.05, 0) is 42.0 Å². The number of ketones is 1. The quantitative estimate of drug-likeness (QED) is 0.702. The molecule has 0 atom stereocenters. The smallest absolute Gasteiger partial charge is 0.223 e. The summed E-state index contributed by atoms with van der Waals surface area (Å²) in [6.07, 6.45) is 0.401. The van der Waals surface area contributed by atoms with E-state index in [0.29, 0.717) is 17.1 Å². The van der Waals surface area contributed by atoms with E-state index in [-0.39, 0.29) is 24.5 Å². The number of carbonyl (C=O) groups excluding carboxylic acids is 2. The number of Topliss-reactive ketones (excluding diaryl/α,β-unsaturated/α-hetero) is 1. The lowest BCUT2D eigenvalue weighted by molar-refractivity contribution is -0.130. The van der Waals surface area contributed by atoms with E-state index in [4.69, 9.17) is 11.6 Å². The summed E-state index contributed by atoms with van der Waals surface area (Å²) in [5, 5.41) is 0.590. The Kier molecular flexibility index (Phi) is 6.59. The summed E-state index contributed by atoms with van der Waals surface area (Å²) in [5.41, 5.74) is 2.76. The molecule has 4 nitrogen and oxygen atoms in total. The summed E-state index contributed by atoms with van der Waals surface area (Å²) in [6.45, 7) is 0.529. The SMILES string of the molecule is CN(Cc1ccc(N(C)C)cc1)C(=O)CCC(=O)c1ccc(Cl)cc1. The topological polar surface area (TPSA) is 40.6 Å². The van der Waals surface area contributed by atoms with Gasteiger partial charge in [0.15, 0.2) is 5.78 Å². The van der Waals surface area contributed by atoms with Crippen molar-refractivity contribution >= 4 is 29.0 Å². The van der Waals surface area contributed by atoms with E-state index in [1.165, 1.54) is 0 Å². The van der Waals surface area contributed by atoms with Crippen molar-refractivity contribution in [1.29, 1.82) is 0 Å². The lowest BCUT2D eigenvalue weighted by Crippen LogP contribution is -2.26. The van der Waals surface area contributed by atoms with E-state index < -0.39 is 0 Å². The third-order valence-electron chi connectivity index (χ3n) is 4.03. The van der Waals surface area contributed by atoms with Gasteiger partial charge in [0.25, 0.3) is 0 Å². The maximum Gasteiger partial charge on any atom is 0.223 e. The molecule has 0 unspecified atom stereocenters. The summed E-state index contributed by atoms with van der Waals surface area (Å²) in [5.74, 6) is -0.0900. The molecular formula is C20H23ClN2O2. The van der Waals surface area contributed by atoms with Crippen molar-refractivity contribution in [2.45, 2.75) is 19.4 Å². The summed E-state index contributed by atoms with van der Waals surface area (Å²) < 4.78 is 0. The van der Waals surface area contributed by atoms with Crippen LogP contribution in [0, 0.1) is 0 Å². The highest BCUT2D eigenvalue weighted by Gasteiger charge is 2.13. The van der Waals surface area contributed by atoms with Gasteiger partial charge in [-0.15, -0.1) is 0 Å². The number of hydrogen-bond donors (Lipinski definition) is 0. The third kappa shape index (κ3) is 5.61. The molecule has 0 bridgehead atoms. The standard InChI is InChI=1S/C20H23ClN2O2/c1-22(2)18-10-4-15(5-11-18)14-23(3)20(25)13-12-19(24)16-6-8-17(21)9-7-16/h4-11H,12-14H2,1-3H3. The largest absolute Gasteiger partial charge is 0.378 e. The number of amides is 1. The van der Waals surface area contributed by atoms with Crippen LogP contribution >= 0.6 is 11.6 Å². The predicted molar refractivity (Wildman–Crippen MR) is 102 cm³/mol. The minimum Gasteiger partial charge on any atom is -0.378 e. The van der Waals surface area contributed by atoms with Crippen LogP contribution in [0.3, 0.4) is 0 Å². The molecule has 0 N–H and O–H groups in total. The zero-order valence-electron chi connectivity index (χ0n) is 14.8. The molecule has 2 aromatic carbocycles. The van der Waals surface area contributed by atoms with Crippen LogP contribution in [0.25, 0.3) is 0 Å². The Labute approximate surface area is 154 Å². The van der Waals surface area contributed by atoms with E-state index in [9.17, 15) is 9.59 Å². The molecule has 0 fully saturated rings. The second-order valence-corrected chi connectivity index (χ2v) is 6.68. The number of anilines is 1. The first kappa shape index (κ1) is 19.0. The molecule has 0 heterocycles. The Hall–Kier alpha value is -2.33. The van der Waals surface area contributed by atoms with Gasteiger partial charge in [-0.25, -0.2) is 0 Å². The van der Waals surface area contributed by atoms with Crippen LogP contribution in [-0.4, -0.2) is 37.7 Å². The zero-order chi connectivity index (χ0) is 18.4. The average molecular weight is 359 g/mol. The molecule has 2 rings (SSSR count). The second-order valence-electron chi connectivity index (χ2n) is 6.24. The second kappa shape index (κ2) is 8.67. The third-order valence-corrected chi connectivity index (χ3v) is 4.28. The Balaban J connectivity index is 1.85. The first-order valence-electron chi connectivity index (χ1n) is 8.16. The first-order chi connectivity index (χ1) is 11.9. The zero-order valence-corrected chi connectivity index (χ0v) is 15.6. The molecule has 25 heavy (non-hydrogen) atoms. The highest BCUT2D eigenvalue weighted by atomic mass is 35.5. The fourth-order valence-electron chi connectivity index (χ4n) is 2.45. The fourth-order valence-corrected chi connectivity index (χ4v) is 2.58. The summed E-state index contributed by atoms with van der Waals surface area (Å²) in [6, 6.07) is 14.8.